The third-order valence-electron chi connectivity index (χ3n) is 5.36. The molecule has 8 nitrogen and oxygen atoms in total. The molecule has 168 valence electrons. The van der Waals surface area contributed by atoms with Gasteiger partial charge in [0.15, 0.2) is 5.82 Å². The molecule has 0 spiro atoms. The third kappa shape index (κ3) is 5.05. The lowest BCUT2D eigenvalue weighted by molar-refractivity contribution is 0.0205. The number of halogens is 2. The summed E-state index contributed by atoms with van der Waals surface area (Å²) in [6.45, 7) is 2.42. The summed E-state index contributed by atoms with van der Waals surface area (Å²) in [5.41, 5.74) is 1.98. The van der Waals surface area contributed by atoms with Crippen molar-refractivity contribution in [3.63, 3.8) is 0 Å². The van der Waals surface area contributed by atoms with Crippen LogP contribution in [-0.4, -0.2) is 54.2 Å². The Labute approximate surface area is 194 Å². The van der Waals surface area contributed by atoms with Crippen molar-refractivity contribution in [1.82, 2.24) is 20.4 Å². The van der Waals surface area contributed by atoms with Gasteiger partial charge in [0, 0.05) is 43.7 Å². The minimum absolute atomic E-state index is 0.00114. The largest absolute Gasteiger partial charge is 0.439 e. The van der Waals surface area contributed by atoms with Gasteiger partial charge in [-0.25, -0.2) is 4.79 Å². The van der Waals surface area contributed by atoms with Gasteiger partial charge in [-0.2, -0.15) is 0 Å². The van der Waals surface area contributed by atoms with Crippen molar-refractivity contribution in [3.05, 3.63) is 74.2 Å². The Balaban J connectivity index is 1.53. The Morgan fingerprint density at radius 2 is 2.06 bits per heavy atom. The van der Waals surface area contributed by atoms with Crippen LogP contribution in [-0.2, 0) is 4.74 Å². The molecule has 1 saturated heterocycles. The topological polar surface area (TPSA) is 100 Å². The highest BCUT2D eigenvalue weighted by Crippen LogP contribution is 2.32. The summed E-state index contributed by atoms with van der Waals surface area (Å²) in [6.07, 6.45) is -0.235. The van der Waals surface area contributed by atoms with Crippen molar-refractivity contribution >= 4 is 29.1 Å². The molecular weight excluding hydrogens is 455 g/mol. The van der Waals surface area contributed by atoms with Gasteiger partial charge in [0.1, 0.15) is 0 Å². The lowest BCUT2D eigenvalue weighted by atomic mass is 9.94. The number of hydrogen-bond donors (Lipinski definition) is 2. The minimum atomic E-state index is -0.650. The monoisotopic (exact) mass is 476 g/mol. The van der Waals surface area contributed by atoms with Gasteiger partial charge in [-0.1, -0.05) is 46.6 Å². The summed E-state index contributed by atoms with van der Waals surface area (Å²) < 4.78 is 10.7. The molecule has 4 rings (SSSR count). The second-order valence-electron chi connectivity index (χ2n) is 7.64. The molecule has 10 heteroatoms. The molecule has 1 amide bonds. The Morgan fingerprint density at radius 3 is 2.81 bits per heavy atom. The molecule has 3 aromatic rings. The molecule has 0 radical (unpaired) electrons. The average molecular weight is 477 g/mol. The number of hydrogen-bond acceptors (Lipinski definition) is 6. The number of carbonyl (C=O) groups is 1. The maximum absolute atomic E-state index is 13.1. The number of H-pyrrole nitrogens is 1. The molecule has 32 heavy (non-hydrogen) atoms. The quantitative estimate of drug-likeness (QED) is 0.585. The SMILES string of the molecule is CN(CC1CNCCOC1c1ccc(Cl)c(Cl)c1)C(=O)c1cccc(-c2noc(=O)[nH]2)c1. The first-order valence-corrected chi connectivity index (χ1v) is 10.9. The van der Waals surface area contributed by atoms with E-state index in [1.165, 1.54) is 0 Å². The average Bonchev–Trinajstić information content (AvgIpc) is 3.10. The number of nitrogens with one attached hydrogen (secondary N) is 2. The van der Waals surface area contributed by atoms with E-state index in [1.54, 1.807) is 42.3 Å². The fraction of sp³-hybridized carbons (Fsp3) is 0.318. The number of carbonyl (C=O) groups excluding carboxylic acids is 1. The van der Waals surface area contributed by atoms with Gasteiger partial charge in [-0.05, 0) is 29.8 Å². The van der Waals surface area contributed by atoms with Gasteiger partial charge < -0.3 is 15.0 Å². The van der Waals surface area contributed by atoms with E-state index in [2.05, 4.69) is 20.0 Å². The van der Waals surface area contributed by atoms with Crippen molar-refractivity contribution in [2.45, 2.75) is 6.10 Å². The summed E-state index contributed by atoms with van der Waals surface area (Å²) in [7, 11) is 1.75. The number of nitrogens with zero attached hydrogens (tertiary/aromatic N) is 2. The van der Waals surface area contributed by atoms with E-state index in [4.69, 9.17) is 27.9 Å². The lowest BCUT2D eigenvalue weighted by Gasteiger charge is -2.29. The van der Waals surface area contributed by atoms with E-state index >= 15 is 0 Å². The van der Waals surface area contributed by atoms with Crippen LogP contribution in [0.1, 0.15) is 22.0 Å². The fourth-order valence-electron chi connectivity index (χ4n) is 3.82. The zero-order chi connectivity index (χ0) is 22.7. The van der Waals surface area contributed by atoms with Crippen LogP contribution in [0.3, 0.4) is 0 Å². The molecule has 2 atom stereocenters. The van der Waals surface area contributed by atoms with Crippen molar-refractivity contribution in [1.29, 1.82) is 0 Å². The normalized spacial score (nSPS) is 18.8. The predicted octanol–water partition coefficient (Wildman–Crippen LogP) is 3.39. The first-order chi connectivity index (χ1) is 15.4. The summed E-state index contributed by atoms with van der Waals surface area (Å²) >= 11 is 12.3. The fourth-order valence-corrected chi connectivity index (χ4v) is 4.12. The van der Waals surface area contributed by atoms with Gasteiger partial charge in [0.2, 0.25) is 0 Å². The van der Waals surface area contributed by atoms with E-state index < -0.39 is 5.76 Å². The van der Waals surface area contributed by atoms with E-state index in [9.17, 15) is 9.59 Å². The number of ether oxygens (including phenoxy) is 1. The molecule has 2 aromatic carbocycles. The second-order valence-corrected chi connectivity index (χ2v) is 8.45. The van der Waals surface area contributed by atoms with Gasteiger partial charge in [-0.3, -0.25) is 14.3 Å². The molecule has 2 heterocycles. The van der Waals surface area contributed by atoms with Crippen LogP contribution in [0.2, 0.25) is 10.0 Å². The Bertz CT molecular complexity index is 1160. The van der Waals surface area contributed by atoms with Crippen LogP contribution in [0.15, 0.2) is 51.8 Å². The highest BCUT2D eigenvalue weighted by atomic mass is 35.5. The summed E-state index contributed by atoms with van der Waals surface area (Å²) in [5, 5.41) is 8.00. The van der Waals surface area contributed by atoms with Crippen LogP contribution in [0.4, 0.5) is 0 Å². The maximum Gasteiger partial charge on any atom is 0.439 e. The summed E-state index contributed by atoms with van der Waals surface area (Å²) in [4.78, 5) is 28.5. The number of amides is 1. The zero-order valence-electron chi connectivity index (χ0n) is 17.3. The second kappa shape index (κ2) is 9.87. The van der Waals surface area contributed by atoms with Crippen LogP contribution in [0, 0.1) is 5.92 Å². The van der Waals surface area contributed by atoms with Crippen molar-refractivity contribution in [3.8, 4) is 11.4 Å². The van der Waals surface area contributed by atoms with Gasteiger partial charge >= 0.3 is 5.76 Å². The zero-order valence-corrected chi connectivity index (χ0v) is 18.8. The Hall–Kier alpha value is -2.65. The summed E-state index contributed by atoms with van der Waals surface area (Å²) in [6, 6.07) is 12.3. The van der Waals surface area contributed by atoms with Crippen molar-refractivity contribution in [2.75, 3.05) is 33.3 Å². The maximum atomic E-state index is 13.1. The van der Waals surface area contributed by atoms with E-state index in [-0.39, 0.29) is 23.8 Å². The first-order valence-electron chi connectivity index (χ1n) is 10.1. The molecular formula is C22H22Cl2N4O4. The van der Waals surface area contributed by atoms with Crippen LogP contribution in [0.25, 0.3) is 11.4 Å². The van der Waals surface area contributed by atoms with Crippen LogP contribution >= 0.6 is 23.2 Å². The van der Waals surface area contributed by atoms with Gasteiger partial charge in [0.25, 0.3) is 5.91 Å². The molecule has 1 aliphatic heterocycles. The lowest BCUT2D eigenvalue weighted by Crippen LogP contribution is -2.38. The molecule has 0 bridgehead atoms. The third-order valence-corrected chi connectivity index (χ3v) is 6.10. The van der Waals surface area contributed by atoms with E-state index in [1.807, 2.05) is 12.1 Å². The minimum Gasteiger partial charge on any atom is -0.372 e. The van der Waals surface area contributed by atoms with Crippen LogP contribution in [0.5, 0.6) is 0 Å². The highest BCUT2D eigenvalue weighted by Gasteiger charge is 2.29. The summed E-state index contributed by atoms with van der Waals surface area (Å²) in [5.74, 6) is -0.537. The molecule has 0 saturated carbocycles. The molecule has 2 N–H and O–H groups in total. The molecule has 2 unspecified atom stereocenters. The van der Waals surface area contributed by atoms with Gasteiger partial charge in [-0.15, -0.1) is 0 Å². The molecule has 0 aliphatic carbocycles. The predicted molar refractivity (Wildman–Crippen MR) is 121 cm³/mol. The number of aromatic amines is 1. The first kappa shape index (κ1) is 22.5. The highest BCUT2D eigenvalue weighted by molar-refractivity contribution is 6.42. The van der Waals surface area contributed by atoms with Crippen molar-refractivity contribution in [2.24, 2.45) is 5.92 Å². The van der Waals surface area contributed by atoms with Crippen LogP contribution < -0.4 is 11.1 Å². The van der Waals surface area contributed by atoms with E-state index in [0.29, 0.717) is 40.9 Å². The van der Waals surface area contributed by atoms with Crippen molar-refractivity contribution < 1.29 is 14.1 Å². The standard InChI is InChI=1S/C22H22Cl2N4O4/c1-28(21(29)15-4-2-3-14(9-15)20-26-22(30)32-27-20)12-16-11-25-7-8-31-19(16)13-5-6-17(23)18(24)10-13/h2-6,9-10,16,19,25H,7-8,11-12H2,1H3,(H,26,27,30). The number of rotatable bonds is 5. The van der Waals surface area contributed by atoms with E-state index in [0.717, 1.165) is 12.1 Å². The number of aromatic nitrogens is 2. The molecule has 1 aromatic heterocycles. The molecule has 1 fully saturated rings. The number of benzene rings is 2. The Morgan fingerprint density at radius 1 is 1.22 bits per heavy atom. The van der Waals surface area contributed by atoms with Gasteiger partial charge in [0.05, 0.1) is 22.8 Å². The Kier molecular flexibility index (Phi) is 6.95. The smallest absolute Gasteiger partial charge is 0.372 e. The molecule has 1 aliphatic rings.